The Morgan fingerprint density at radius 2 is 2.09 bits per heavy atom. The average Bonchev–Trinajstić information content (AvgIpc) is 2.04. The molecule has 0 saturated heterocycles. The molecule has 0 unspecified atom stereocenters. The van der Waals surface area contributed by atoms with Crippen molar-refractivity contribution in [1.82, 2.24) is 10.2 Å². The van der Waals surface area contributed by atoms with E-state index in [1.807, 2.05) is 18.2 Å². The fraction of sp³-hybridized carbons (Fsp3) is 0. The van der Waals surface area contributed by atoms with E-state index in [0.29, 0.717) is 0 Å². The summed E-state index contributed by atoms with van der Waals surface area (Å²) in [4.78, 5) is 0. The third-order valence-corrected chi connectivity index (χ3v) is 2.15. The molecule has 1 aromatic carbocycles. The van der Waals surface area contributed by atoms with Crippen LogP contribution in [-0.4, -0.2) is 10.2 Å². The van der Waals surface area contributed by atoms with Crippen molar-refractivity contribution < 1.29 is 0 Å². The molecule has 0 amide bonds. The molecule has 2 rings (SSSR count). The number of hydrogen-bond donors (Lipinski definition) is 0. The Bertz CT molecular complexity index is 387. The van der Waals surface area contributed by atoms with Crippen LogP contribution < -0.4 is 0 Å². The van der Waals surface area contributed by atoms with Crippen LogP contribution in [0.4, 0.5) is 0 Å². The van der Waals surface area contributed by atoms with E-state index in [-0.39, 0.29) is 0 Å². The second-order valence-electron chi connectivity index (χ2n) is 2.23. The van der Waals surface area contributed by atoms with Gasteiger partial charge in [0.05, 0.1) is 11.7 Å². The van der Waals surface area contributed by atoms with E-state index in [1.165, 1.54) is 3.57 Å². The molecule has 3 heteroatoms. The minimum absolute atomic E-state index is 0.958. The highest BCUT2D eigenvalue weighted by atomic mass is 127. The maximum absolute atomic E-state index is 3.99. The van der Waals surface area contributed by atoms with Crippen molar-refractivity contribution in [2.24, 2.45) is 0 Å². The second-order valence-corrected chi connectivity index (χ2v) is 3.48. The fourth-order valence-electron chi connectivity index (χ4n) is 0.954. The van der Waals surface area contributed by atoms with Gasteiger partial charge < -0.3 is 0 Å². The Morgan fingerprint density at radius 3 is 3.00 bits per heavy atom. The molecule has 0 aliphatic rings. The maximum atomic E-state index is 3.99. The Hall–Kier alpha value is -0.710. The van der Waals surface area contributed by atoms with Crippen LogP contribution in [0, 0.1) is 3.57 Å². The number of hydrogen-bond acceptors (Lipinski definition) is 2. The minimum Gasteiger partial charge on any atom is -0.159 e. The smallest absolute Gasteiger partial charge is 0.0940 e. The zero-order valence-electron chi connectivity index (χ0n) is 5.66. The summed E-state index contributed by atoms with van der Waals surface area (Å²) in [7, 11) is 0. The van der Waals surface area contributed by atoms with Gasteiger partial charge in [0.25, 0.3) is 0 Å². The molecule has 1 aromatic heterocycles. The molecule has 1 heterocycles. The van der Waals surface area contributed by atoms with Gasteiger partial charge in [-0.25, -0.2) is 0 Å². The van der Waals surface area contributed by atoms with Gasteiger partial charge in [-0.3, -0.25) is 0 Å². The van der Waals surface area contributed by atoms with Crippen LogP contribution in [0.25, 0.3) is 10.9 Å². The zero-order valence-corrected chi connectivity index (χ0v) is 7.82. The highest BCUT2D eigenvalue weighted by molar-refractivity contribution is 14.1. The monoisotopic (exact) mass is 256 g/mol. The summed E-state index contributed by atoms with van der Waals surface area (Å²) in [6, 6.07) is 8.08. The highest BCUT2D eigenvalue weighted by Crippen LogP contribution is 2.13. The van der Waals surface area contributed by atoms with Crippen LogP contribution >= 0.6 is 22.6 Å². The van der Waals surface area contributed by atoms with Gasteiger partial charge in [-0.2, -0.15) is 10.2 Å². The summed E-state index contributed by atoms with van der Waals surface area (Å²) in [5.41, 5.74) is 0.958. The first kappa shape index (κ1) is 6.97. The minimum atomic E-state index is 0.958. The highest BCUT2D eigenvalue weighted by Gasteiger charge is 1.92. The van der Waals surface area contributed by atoms with Crippen molar-refractivity contribution in [2.45, 2.75) is 0 Å². The first-order valence-electron chi connectivity index (χ1n) is 3.23. The second kappa shape index (κ2) is 2.73. The molecule has 54 valence electrons. The number of benzene rings is 1. The van der Waals surface area contributed by atoms with E-state index in [9.17, 15) is 0 Å². The molecule has 2 aromatic rings. The summed E-state index contributed by atoms with van der Waals surface area (Å²) in [5.74, 6) is 0. The van der Waals surface area contributed by atoms with Crippen LogP contribution in [0.5, 0.6) is 0 Å². The van der Waals surface area contributed by atoms with Crippen LogP contribution in [0.1, 0.15) is 0 Å². The van der Waals surface area contributed by atoms with Crippen LogP contribution in [0.2, 0.25) is 0 Å². The summed E-state index contributed by atoms with van der Waals surface area (Å²) in [6.45, 7) is 0. The third-order valence-electron chi connectivity index (χ3n) is 1.48. The van der Waals surface area contributed by atoms with Crippen molar-refractivity contribution in [3.05, 3.63) is 34.0 Å². The van der Waals surface area contributed by atoms with E-state index in [4.69, 9.17) is 0 Å². The molecule has 0 radical (unpaired) electrons. The Labute approximate surface area is 77.8 Å². The largest absolute Gasteiger partial charge is 0.159 e. The molecule has 0 aliphatic heterocycles. The summed E-state index contributed by atoms with van der Waals surface area (Å²) < 4.78 is 1.19. The Morgan fingerprint density at radius 1 is 1.18 bits per heavy atom. The summed E-state index contributed by atoms with van der Waals surface area (Å²) >= 11 is 2.26. The number of rotatable bonds is 0. The molecule has 0 aliphatic carbocycles. The molecular formula is C8H5IN2. The van der Waals surface area contributed by atoms with E-state index >= 15 is 0 Å². The van der Waals surface area contributed by atoms with E-state index < -0.39 is 0 Å². The van der Waals surface area contributed by atoms with Crippen molar-refractivity contribution in [3.8, 4) is 0 Å². The lowest BCUT2D eigenvalue weighted by Gasteiger charge is -1.93. The van der Waals surface area contributed by atoms with Gasteiger partial charge in [0, 0.05) is 8.96 Å². The van der Waals surface area contributed by atoms with Gasteiger partial charge in [-0.05, 0) is 40.8 Å². The number of aromatic nitrogens is 2. The number of fused-ring (bicyclic) bond motifs is 1. The van der Waals surface area contributed by atoms with Gasteiger partial charge in [0.1, 0.15) is 0 Å². The lowest BCUT2D eigenvalue weighted by Crippen LogP contribution is -1.81. The first-order valence-corrected chi connectivity index (χ1v) is 4.31. The van der Waals surface area contributed by atoms with Crippen LogP contribution in [0.3, 0.4) is 0 Å². The van der Waals surface area contributed by atoms with Gasteiger partial charge in [-0.15, -0.1) is 0 Å². The molecule has 0 saturated carbocycles. The Balaban J connectivity index is 2.83. The van der Waals surface area contributed by atoms with Crippen molar-refractivity contribution in [1.29, 1.82) is 0 Å². The van der Waals surface area contributed by atoms with Crippen LogP contribution in [0.15, 0.2) is 30.5 Å². The third kappa shape index (κ3) is 1.33. The number of halogens is 1. The molecule has 11 heavy (non-hydrogen) atoms. The van der Waals surface area contributed by atoms with Crippen molar-refractivity contribution in [2.75, 3.05) is 0 Å². The number of nitrogens with zero attached hydrogens (tertiary/aromatic N) is 2. The van der Waals surface area contributed by atoms with Crippen LogP contribution in [-0.2, 0) is 0 Å². The molecule has 0 spiro atoms. The molecule has 0 N–H and O–H groups in total. The van der Waals surface area contributed by atoms with E-state index in [0.717, 1.165) is 10.9 Å². The molecule has 0 bridgehead atoms. The van der Waals surface area contributed by atoms with Crippen molar-refractivity contribution >= 4 is 33.5 Å². The predicted molar refractivity (Wildman–Crippen MR) is 52.3 cm³/mol. The van der Waals surface area contributed by atoms with Gasteiger partial charge in [-0.1, -0.05) is 6.07 Å². The lowest BCUT2D eigenvalue weighted by molar-refractivity contribution is 1.08. The maximum Gasteiger partial charge on any atom is 0.0940 e. The quantitative estimate of drug-likeness (QED) is 0.675. The molecule has 2 nitrogen and oxygen atoms in total. The van der Waals surface area contributed by atoms with E-state index in [2.05, 4.69) is 38.9 Å². The average molecular weight is 256 g/mol. The standard InChI is InChI=1S/C8H5IN2/c9-7-2-1-6-3-4-10-11-8(6)5-7/h1-5H. The topological polar surface area (TPSA) is 25.8 Å². The lowest BCUT2D eigenvalue weighted by atomic mass is 10.2. The predicted octanol–water partition coefficient (Wildman–Crippen LogP) is 2.23. The normalized spacial score (nSPS) is 10.3. The zero-order chi connectivity index (χ0) is 7.68. The summed E-state index contributed by atoms with van der Waals surface area (Å²) in [5, 5.41) is 8.93. The van der Waals surface area contributed by atoms with Gasteiger partial charge in [0.15, 0.2) is 0 Å². The van der Waals surface area contributed by atoms with E-state index in [1.54, 1.807) is 6.20 Å². The summed E-state index contributed by atoms with van der Waals surface area (Å²) in [6.07, 6.45) is 1.70. The van der Waals surface area contributed by atoms with Gasteiger partial charge in [0.2, 0.25) is 0 Å². The van der Waals surface area contributed by atoms with Gasteiger partial charge >= 0.3 is 0 Å². The molecule has 0 atom stereocenters. The van der Waals surface area contributed by atoms with Crippen molar-refractivity contribution in [3.63, 3.8) is 0 Å². The Kier molecular flexibility index (Phi) is 1.73. The SMILES string of the molecule is Ic1ccc2ccnnc2c1. The first-order chi connectivity index (χ1) is 5.36. The fourth-order valence-corrected chi connectivity index (χ4v) is 1.43. The molecule has 0 fully saturated rings. The molecular weight excluding hydrogens is 251 g/mol.